The van der Waals surface area contributed by atoms with Gasteiger partial charge < -0.3 is 0 Å². The van der Waals surface area contributed by atoms with Gasteiger partial charge in [-0.1, -0.05) is 66.2 Å². The molecule has 1 atom stereocenters. The molecule has 2 bridgehead atoms. The van der Waals surface area contributed by atoms with Crippen molar-refractivity contribution in [2.75, 3.05) is 5.01 Å². The average Bonchev–Trinajstić information content (AvgIpc) is 2.95. The molecule has 7 rings (SSSR count). The molecule has 0 N–H and O–H groups in total. The van der Waals surface area contributed by atoms with Gasteiger partial charge in [-0.2, -0.15) is 5.10 Å². The zero-order chi connectivity index (χ0) is 20.9. The number of benzene rings is 3. The van der Waals surface area contributed by atoms with E-state index in [2.05, 4.69) is 56.2 Å². The van der Waals surface area contributed by atoms with Crippen molar-refractivity contribution >= 4 is 23.3 Å². The van der Waals surface area contributed by atoms with Crippen molar-refractivity contribution in [2.24, 2.45) is 5.10 Å². The number of aromatic nitrogens is 3. The van der Waals surface area contributed by atoms with Gasteiger partial charge in [0.25, 0.3) is 5.95 Å². The van der Waals surface area contributed by atoms with E-state index in [0.717, 1.165) is 47.1 Å². The quantitative estimate of drug-likeness (QED) is 0.426. The molecule has 2 aliphatic carbocycles. The van der Waals surface area contributed by atoms with Crippen LogP contribution in [0.3, 0.4) is 0 Å². The number of fused-ring (bicyclic) bond motifs is 7. The van der Waals surface area contributed by atoms with Gasteiger partial charge >= 0.3 is 0 Å². The molecule has 4 aromatic rings. The molecular formula is C25H20ClN5. The third-order valence-electron chi connectivity index (χ3n) is 6.10. The van der Waals surface area contributed by atoms with Gasteiger partial charge in [0.15, 0.2) is 0 Å². The molecule has 31 heavy (non-hydrogen) atoms. The fraction of sp³-hybridized carbons (Fsp3) is 0.160. The van der Waals surface area contributed by atoms with Crippen LogP contribution in [0.2, 0.25) is 5.02 Å². The van der Waals surface area contributed by atoms with Crippen LogP contribution in [0, 0.1) is 6.92 Å². The molecule has 0 saturated carbocycles. The number of anilines is 1. The largest absolute Gasteiger partial charge is 0.263 e. The Morgan fingerprint density at radius 1 is 0.903 bits per heavy atom. The van der Waals surface area contributed by atoms with E-state index < -0.39 is 0 Å². The first-order chi connectivity index (χ1) is 15.2. The first kappa shape index (κ1) is 18.3. The fourth-order valence-electron chi connectivity index (χ4n) is 4.53. The summed E-state index contributed by atoms with van der Waals surface area (Å²) < 4.78 is 2.11. The van der Waals surface area contributed by atoms with E-state index in [1.807, 2.05) is 43.3 Å². The Bertz CT molecular complexity index is 1300. The molecule has 1 unspecified atom stereocenters. The summed E-state index contributed by atoms with van der Waals surface area (Å²) in [6.07, 6.45) is 1.97. The van der Waals surface area contributed by atoms with Gasteiger partial charge in [-0.15, -0.1) is 10.2 Å². The molecule has 6 heteroatoms. The number of hydrogen-bond donors (Lipinski definition) is 0. The van der Waals surface area contributed by atoms with Crippen LogP contribution in [0.1, 0.15) is 40.5 Å². The van der Waals surface area contributed by atoms with Crippen LogP contribution >= 0.6 is 11.6 Å². The standard InChI is InChI=1S/C25H20ClN5/c1-16-27-28-25-30(16)23-5-3-2-4-21(23)24(19-11-13-20(26)14-12-19)29-31(25)22-15-8-17-6-9-18(22)10-7-17/h2-7,9-14,22H,8,15H2,1H3. The van der Waals surface area contributed by atoms with Crippen molar-refractivity contribution in [1.29, 1.82) is 0 Å². The Hall–Kier alpha value is -3.44. The highest BCUT2D eigenvalue weighted by atomic mass is 35.5. The van der Waals surface area contributed by atoms with Crippen LogP contribution in [-0.4, -0.2) is 20.5 Å². The monoisotopic (exact) mass is 425 g/mol. The van der Waals surface area contributed by atoms with Crippen LogP contribution in [0.15, 0.2) is 77.9 Å². The van der Waals surface area contributed by atoms with Gasteiger partial charge in [0.2, 0.25) is 0 Å². The summed E-state index contributed by atoms with van der Waals surface area (Å²) >= 11 is 6.18. The second-order valence-electron chi connectivity index (χ2n) is 8.00. The molecule has 0 fully saturated rings. The number of halogens is 1. The van der Waals surface area contributed by atoms with Crippen molar-refractivity contribution in [3.63, 3.8) is 0 Å². The van der Waals surface area contributed by atoms with E-state index in [1.54, 1.807) is 0 Å². The molecule has 0 saturated heterocycles. The van der Waals surface area contributed by atoms with Crippen LogP contribution in [0.25, 0.3) is 5.69 Å². The maximum absolute atomic E-state index is 6.18. The number of nitrogens with zero attached hydrogens (tertiary/aromatic N) is 5. The summed E-state index contributed by atoms with van der Waals surface area (Å²) in [4.78, 5) is 0. The normalized spacial score (nSPS) is 16.9. The molecule has 3 aromatic carbocycles. The van der Waals surface area contributed by atoms with Crippen molar-refractivity contribution in [2.45, 2.75) is 25.8 Å². The van der Waals surface area contributed by atoms with E-state index >= 15 is 0 Å². The number of hydrogen-bond acceptors (Lipinski definition) is 4. The highest BCUT2D eigenvalue weighted by Crippen LogP contribution is 2.38. The van der Waals surface area contributed by atoms with Crippen LogP contribution in [0.5, 0.6) is 0 Å². The smallest absolute Gasteiger partial charge is 0.253 e. The number of rotatable bonds is 2. The maximum atomic E-state index is 6.18. The van der Waals surface area contributed by atoms with Crippen molar-refractivity contribution in [1.82, 2.24) is 14.8 Å². The average molecular weight is 426 g/mol. The van der Waals surface area contributed by atoms with Crippen molar-refractivity contribution in [3.05, 3.63) is 106 Å². The van der Waals surface area contributed by atoms with Crippen LogP contribution < -0.4 is 5.01 Å². The van der Waals surface area contributed by atoms with E-state index in [-0.39, 0.29) is 6.04 Å². The molecule has 5 nitrogen and oxygen atoms in total. The highest BCUT2D eigenvalue weighted by Gasteiger charge is 2.32. The number of hydrazone groups is 1. The molecule has 152 valence electrons. The predicted molar refractivity (Wildman–Crippen MR) is 123 cm³/mol. The minimum atomic E-state index is 0.0754. The summed E-state index contributed by atoms with van der Waals surface area (Å²) in [5, 5.41) is 17.0. The lowest BCUT2D eigenvalue weighted by molar-refractivity contribution is 0.583. The summed E-state index contributed by atoms with van der Waals surface area (Å²) in [5.41, 5.74) is 6.57. The summed E-state index contributed by atoms with van der Waals surface area (Å²) in [6, 6.07) is 25.1. The van der Waals surface area contributed by atoms with Crippen molar-refractivity contribution < 1.29 is 0 Å². The molecule has 1 aromatic heterocycles. The van der Waals surface area contributed by atoms with Gasteiger partial charge in [0.05, 0.1) is 11.7 Å². The molecular weight excluding hydrogens is 406 g/mol. The lowest BCUT2D eigenvalue weighted by Gasteiger charge is -2.27. The third kappa shape index (κ3) is 2.96. The van der Waals surface area contributed by atoms with Gasteiger partial charge in [0.1, 0.15) is 11.5 Å². The van der Waals surface area contributed by atoms with Gasteiger partial charge in [-0.25, -0.2) is 5.01 Å². The minimum absolute atomic E-state index is 0.0754. The van der Waals surface area contributed by atoms with Gasteiger partial charge in [-0.05, 0) is 49.1 Å². The van der Waals surface area contributed by atoms with Gasteiger partial charge in [0, 0.05) is 16.1 Å². The van der Waals surface area contributed by atoms with Crippen molar-refractivity contribution in [3.8, 4) is 5.69 Å². The second kappa shape index (κ2) is 7.06. The number of aryl methyl sites for hydroxylation is 2. The Morgan fingerprint density at radius 2 is 1.68 bits per heavy atom. The van der Waals surface area contributed by atoms with Gasteiger partial charge in [-0.3, -0.25) is 4.57 Å². The Labute approximate surface area is 185 Å². The second-order valence-corrected chi connectivity index (χ2v) is 8.43. The highest BCUT2D eigenvalue weighted by molar-refractivity contribution is 6.30. The summed E-state index contributed by atoms with van der Waals surface area (Å²) in [7, 11) is 0. The molecule has 0 amide bonds. The molecule has 2 heterocycles. The SMILES string of the molecule is Cc1nnc2n1-c1ccccc1C(c1ccc(Cl)cc1)=NN2C1CCc2ccc1cc2. The third-order valence-corrected chi connectivity index (χ3v) is 6.36. The first-order valence-electron chi connectivity index (χ1n) is 10.4. The molecule has 1 aliphatic heterocycles. The molecule has 0 spiro atoms. The number of para-hydroxylation sites is 1. The lowest BCUT2D eigenvalue weighted by atomic mass is 10.0. The zero-order valence-corrected chi connectivity index (χ0v) is 17.8. The summed E-state index contributed by atoms with van der Waals surface area (Å²) in [5.74, 6) is 1.58. The van der Waals surface area contributed by atoms with E-state index in [4.69, 9.17) is 16.7 Å². The maximum Gasteiger partial charge on any atom is 0.253 e. The Morgan fingerprint density at radius 3 is 2.48 bits per heavy atom. The predicted octanol–water partition coefficient (Wildman–Crippen LogP) is 5.49. The summed E-state index contributed by atoms with van der Waals surface area (Å²) in [6.45, 7) is 1.99. The topological polar surface area (TPSA) is 46.3 Å². The van der Waals surface area contributed by atoms with E-state index in [0.29, 0.717) is 5.02 Å². The lowest BCUT2D eigenvalue weighted by Crippen LogP contribution is -2.26. The Balaban J connectivity index is 1.62. The molecule has 0 radical (unpaired) electrons. The fourth-order valence-corrected chi connectivity index (χ4v) is 4.65. The van der Waals surface area contributed by atoms with E-state index in [9.17, 15) is 0 Å². The van der Waals surface area contributed by atoms with E-state index in [1.165, 1.54) is 11.1 Å². The van der Waals surface area contributed by atoms with Crippen LogP contribution in [0.4, 0.5) is 5.95 Å². The Kier molecular flexibility index (Phi) is 4.18. The minimum Gasteiger partial charge on any atom is -0.263 e. The molecule has 3 aliphatic rings. The van der Waals surface area contributed by atoms with Crippen LogP contribution in [-0.2, 0) is 6.42 Å². The zero-order valence-electron chi connectivity index (χ0n) is 17.0. The first-order valence-corrected chi connectivity index (χ1v) is 10.8.